The highest BCUT2D eigenvalue weighted by atomic mass is 16.4. The Bertz CT molecular complexity index is 377. The van der Waals surface area contributed by atoms with Gasteiger partial charge in [-0.25, -0.2) is 4.79 Å². The van der Waals surface area contributed by atoms with Crippen LogP contribution >= 0.6 is 0 Å². The summed E-state index contributed by atoms with van der Waals surface area (Å²) in [7, 11) is 0. The first-order valence-electron chi connectivity index (χ1n) is 4.44. The van der Waals surface area contributed by atoms with E-state index in [-0.39, 0.29) is 6.42 Å². The van der Waals surface area contributed by atoms with Gasteiger partial charge in [-0.3, -0.25) is 0 Å². The van der Waals surface area contributed by atoms with E-state index in [0.29, 0.717) is 17.8 Å². The molecule has 1 aromatic rings. The van der Waals surface area contributed by atoms with Gasteiger partial charge in [-0.15, -0.1) is 0 Å². The number of anilines is 1. The Morgan fingerprint density at radius 3 is 2.86 bits per heavy atom. The van der Waals surface area contributed by atoms with Crippen molar-refractivity contribution < 1.29 is 15.0 Å². The minimum absolute atomic E-state index is 0.194. The monoisotopic (exact) mass is 193 g/mol. The third kappa shape index (κ3) is 1.15. The lowest BCUT2D eigenvalue weighted by molar-refractivity contribution is -0.160. The van der Waals surface area contributed by atoms with Gasteiger partial charge in [-0.1, -0.05) is 18.2 Å². The summed E-state index contributed by atoms with van der Waals surface area (Å²) in [5.74, 6) is -1.19. The van der Waals surface area contributed by atoms with E-state index in [4.69, 9.17) is 5.11 Å². The van der Waals surface area contributed by atoms with E-state index in [1.54, 1.807) is 24.3 Å². The zero-order chi connectivity index (χ0) is 10.2. The van der Waals surface area contributed by atoms with Crippen molar-refractivity contribution in [3.63, 3.8) is 0 Å². The topological polar surface area (TPSA) is 69.6 Å². The molecule has 1 atom stereocenters. The molecule has 74 valence electrons. The third-order valence-corrected chi connectivity index (χ3v) is 2.53. The molecule has 1 aliphatic heterocycles. The van der Waals surface area contributed by atoms with Crippen molar-refractivity contribution >= 4 is 11.7 Å². The fourth-order valence-electron chi connectivity index (χ4n) is 1.73. The highest BCUT2D eigenvalue weighted by molar-refractivity contribution is 5.82. The quantitative estimate of drug-likeness (QED) is 0.616. The van der Waals surface area contributed by atoms with E-state index in [1.165, 1.54) is 0 Å². The second kappa shape index (κ2) is 2.99. The van der Waals surface area contributed by atoms with E-state index >= 15 is 0 Å². The number of carboxylic acid groups (broad SMARTS) is 1. The molecule has 0 saturated heterocycles. The number of carboxylic acids is 1. The molecule has 4 heteroatoms. The predicted octanol–water partition coefficient (Wildman–Crippen LogP) is 0.774. The summed E-state index contributed by atoms with van der Waals surface area (Å²) in [6.45, 7) is 0.472. The lowest BCUT2D eigenvalue weighted by Gasteiger charge is -2.31. The molecule has 2 rings (SSSR count). The first-order chi connectivity index (χ1) is 6.64. The molecular formula is C10H11NO3. The van der Waals surface area contributed by atoms with Crippen LogP contribution in [-0.4, -0.2) is 22.7 Å². The normalized spacial score (nSPS) is 24.9. The number of aliphatic hydroxyl groups is 1. The van der Waals surface area contributed by atoms with Gasteiger partial charge in [0, 0.05) is 24.2 Å². The van der Waals surface area contributed by atoms with Crippen molar-refractivity contribution in [2.24, 2.45) is 0 Å². The molecule has 1 unspecified atom stereocenters. The number of nitrogens with one attached hydrogen (secondary N) is 1. The minimum Gasteiger partial charge on any atom is -0.479 e. The molecule has 0 fully saturated rings. The first kappa shape index (κ1) is 9.02. The average Bonchev–Trinajstić information content (AvgIpc) is 2.18. The molecule has 0 bridgehead atoms. The molecule has 14 heavy (non-hydrogen) atoms. The maximum absolute atomic E-state index is 11.0. The Morgan fingerprint density at radius 1 is 1.43 bits per heavy atom. The minimum atomic E-state index is -1.73. The fourth-order valence-corrected chi connectivity index (χ4v) is 1.73. The SMILES string of the molecule is O=C(O)C1(O)CCNc2ccccc21. The Balaban J connectivity index is 2.55. The molecule has 4 nitrogen and oxygen atoms in total. The maximum atomic E-state index is 11.0. The van der Waals surface area contributed by atoms with Gasteiger partial charge in [0.25, 0.3) is 0 Å². The molecule has 0 amide bonds. The third-order valence-electron chi connectivity index (χ3n) is 2.53. The van der Waals surface area contributed by atoms with Gasteiger partial charge >= 0.3 is 5.97 Å². The summed E-state index contributed by atoms with van der Waals surface area (Å²) >= 11 is 0. The molecule has 0 radical (unpaired) electrons. The highest BCUT2D eigenvalue weighted by Gasteiger charge is 2.41. The second-order valence-corrected chi connectivity index (χ2v) is 3.39. The first-order valence-corrected chi connectivity index (χ1v) is 4.44. The van der Waals surface area contributed by atoms with Crippen LogP contribution in [-0.2, 0) is 10.4 Å². The van der Waals surface area contributed by atoms with Gasteiger partial charge in [-0.2, -0.15) is 0 Å². The van der Waals surface area contributed by atoms with E-state index in [0.717, 1.165) is 0 Å². The Hall–Kier alpha value is -1.55. The van der Waals surface area contributed by atoms with Crippen LogP contribution in [0.3, 0.4) is 0 Å². The van der Waals surface area contributed by atoms with E-state index in [9.17, 15) is 9.90 Å². The van der Waals surface area contributed by atoms with Gasteiger partial charge in [0.05, 0.1) is 0 Å². The van der Waals surface area contributed by atoms with Crippen LogP contribution in [0.4, 0.5) is 5.69 Å². The summed E-state index contributed by atoms with van der Waals surface area (Å²) in [4.78, 5) is 11.0. The van der Waals surface area contributed by atoms with Crippen LogP contribution < -0.4 is 5.32 Å². The van der Waals surface area contributed by atoms with Gasteiger partial charge in [0.1, 0.15) is 0 Å². The Morgan fingerprint density at radius 2 is 2.14 bits per heavy atom. The molecule has 0 spiro atoms. The van der Waals surface area contributed by atoms with Crippen molar-refractivity contribution in [3.05, 3.63) is 29.8 Å². The standard InChI is InChI=1S/C10H11NO3/c12-9(13)10(14)5-6-11-8-4-2-1-3-7(8)10/h1-4,11,14H,5-6H2,(H,12,13). The maximum Gasteiger partial charge on any atom is 0.340 e. The molecule has 1 heterocycles. The van der Waals surface area contributed by atoms with Crippen molar-refractivity contribution in [2.45, 2.75) is 12.0 Å². The van der Waals surface area contributed by atoms with Crippen LogP contribution in [0.25, 0.3) is 0 Å². The lowest BCUT2D eigenvalue weighted by Crippen LogP contribution is -2.41. The number of rotatable bonds is 1. The Kier molecular flexibility index (Phi) is 1.93. The molecular weight excluding hydrogens is 182 g/mol. The average molecular weight is 193 g/mol. The molecule has 0 saturated carbocycles. The smallest absolute Gasteiger partial charge is 0.340 e. The number of para-hydroxylation sites is 1. The number of fused-ring (bicyclic) bond motifs is 1. The van der Waals surface area contributed by atoms with Gasteiger partial charge < -0.3 is 15.5 Å². The number of hydrogen-bond donors (Lipinski definition) is 3. The largest absolute Gasteiger partial charge is 0.479 e. The molecule has 0 aromatic heterocycles. The van der Waals surface area contributed by atoms with Crippen molar-refractivity contribution in [3.8, 4) is 0 Å². The zero-order valence-electron chi connectivity index (χ0n) is 7.53. The summed E-state index contributed by atoms with van der Waals surface area (Å²) in [5.41, 5.74) is -0.593. The van der Waals surface area contributed by atoms with Crippen LogP contribution in [0.15, 0.2) is 24.3 Å². The zero-order valence-corrected chi connectivity index (χ0v) is 7.53. The van der Waals surface area contributed by atoms with Crippen LogP contribution in [0.1, 0.15) is 12.0 Å². The van der Waals surface area contributed by atoms with Crippen molar-refractivity contribution in [1.82, 2.24) is 0 Å². The number of benzene rings is 1. The number of aliphatic carboxylic acids is 1. The van der Waals surface area contributed by atoms with Crippen LogP contribution in [0.2, 0.25) is 0 Å². The lowest BCUT2D eigenvalue weighted by atomic mass is 9.86. The van der Waals surface area contributed by atoms with Crippen LogP contribution in [0, 0.1) is 0 Å². The number of hydrogen-bond acceptors (Lipinski definition) is 3. The van der Waals surface area contributed by atoms with Gasteiger partial charge in [0.2, 0.25) is 0 Å². The van der Waals surface area contributed by atoms with E-state index < -0.39 is 11.6 Å². The summed E-state index contributed by atoms with van der Waals surface area (Å²) in [5, 5.41) is 22.0. The molecule has 3 N–H and O–H groups in total. The van der Waals surface area contributed by atoms with E-state index in [2.05, 4.69) is 5.32 Å². The molecule has 1 aliphatic rings. The highest BCUT2D eigenvalue weighted by Crippen LogP contribution is 2.34. The van der Waals surface area contributed by atoms with Crippen molar-refractivity contribution in [1.29, 1.82) is 0 Å². The number of carbonyl (C=O) groups is 1. The second-order valence-electron chi connectivity index (χ2n) is 3.39. The predicted molar refractivity (Wildman–Crippen MR) is 51.1 cm³/mol. The van der Waals surface area contributed by atoms with E-state index in [1.807, 2.05) is 0 Å². The van der Waals surface area contributed by atoms with Gasteiger partial charge in [0.15, 0.2) is 5.60 Å². The molecule has 1 aromatic carbocycles. The Labute approximate surface area is 81.2 Å². The summed E-state index contributed by atoms with van der Waals surface area (Å²) in [6.07, 6.45) is 0.194. The molecule has 0 aliphatic carbocycles. The van der Waals surface area contributed by atoms with Crippen LogP contribution in [0.5, 0.6) is 0 Å². The summed E-state index contributed by atoms with van der Waals surface area (Å²) < 4.78 is 0. The van der Waals surface area contributed by atoms with Crippen molar-refractivity contribution in [2.75, 3.05) is 11.9 Å². The summed E-state index contributed by atoms with van der Waals surface area (Å²) in [6, 6.07) is 6.93. The fraction of sp³-hybridized carbons (Fsp3) is 0.300. The van der Waals surface area contributed by atoms with Gasteiger partial charge in [-0.05, 0) is 6.07 Å².